The summed E-state index contributed by atoms with van der Waals surface area (Å²) in [5.41, 5.74) is 2.48. The van der Waals surface area contributed by atoms with Crippen LogP contribution in [0, 0.1) is 6.92 Å². The average Bonchev–Trinajstić information content (AvgIpc) is 2.66. The summed E-state index contributed by atoms with van der Waals surface area (Å²) in [7, 11) is 0. The van der Waals surface area contributed by atoms with E-state index in [1.165, 1.54) is 19.8 Å². The highest BCUT2D eigenvalue weighted by Gasteiger charge is 2.16. The normalized spacial score (nSPS) is 12.7. The Hall–Kier alpha value is -0.350. The molecule has 96 valence electrons. The molecule has 18 heavy (non-hydrogen) atoms. The molecule has 0 spiro atoms. The van der Waals surface area contributed by atoms with Crippen LogP contribution >= 0.6 is 38.9 Å². The van der Waals surface area contributed by atoms with Gasteiger partial charge in [0.15, 0.2) is 0 Å². The molecule has 1 atom stereocenters. The summed E-state index contributed by atoms with van der Waals surface area (Å²) in [6.45, 7) is 5.16. The maximum absolute atomic E-state index is 6.08. The van der Waals surface area contributed by atoms with Gasteiger partial charge in [-0.1, -0.05) is 30.7 Å². The van der Waals surface area contributed by atoms with Gasteiger partial charge in [-0.15, -0.1) is 11.3 Å². The zero-order valence-electron chi connectivity index (χ0n) is 10.3. The molecule has 0 saturated carbocycles. The largest absolute Gasteiger partial charge is 0.306 e. The maximum atomic E-state index is 6.08. The minimum atomic E-state index is 0.212. The van der Waals surface area contributed by atoms with Crippen molar-refractivity contribution in [1.29, 1.82) is 0 Å². The fourth-order valence-electron chi connectivity index (χ4n) is 1.90. The van der Waals surface area contributed by atoms with E-state index in [0.29, 0.717) is 0 Å². The third-order valence-corrected chi connectivity index (χ3v) is 5.19. The van der Waals surface area contributed by atoms with Gasteiger partial charge in [0.05, 0.1) is 9.83 Å². The Morgan fingerprint density at radius 3 is 2.72 bits per heavy atom. The molecular weight excluding hydrogens is 330 g/mol. The van der Waals surface area contributed by atoms with Crippen LogP contribution in [-0.4, -0.2) is 6.54 Å². The first-order valence-corrected chi connectivity index (χ1v) is 7.85. The molecule has 2 aromatic rings. The second-order valence-corrected chi connectivity index (χ2v) is 6.99. The third kappa shape index (κ3) is 3.15. The van der Waals surface area contributed by atoms with E-state index < -0.39 is 0 Å². The van der Waals surface area contributed by atoms with Crippen LogP contribution in [0.4, 0.5) is 0 Å². The molecule has 4 heteroatoms. The van der Waals surface area contributed by atoms with Crippen LogP contribution in [0.15, 0.2) is 34.1 Å². The van der Waals surface area contributed by atoms with E-state index >= 15 is 0 Å². The Kier molecular flexibility index (Phi) is 4.84. The molecule has 1 aromatic heterocycles. The van der Waals surface area contributed by atoms with E-state index in [9.17, 15) is 0 Å². The van der Waals surface area contributed by atoms with E-state index in [1.807, 2.05) is 18.2 Å². The quantitative estimate of drug-likeness (QED) is 0.806. The SMILES string of the molecule is CCNC(c1cccc(Cl)c1)c1cc(C)c(Br)s1. The van der Waals surface area contributed by atoms with Gasteiger partial charge in [0.25, 0.3) is 0 Å². The topological polar surface area (TPSA) is 12.0 Å². The highest BCUT2D eigenvalue weighted by atomic mass is 79.9. The summed E-state index contributed by atoms with van der Waals surface area (Å²) in [6.07, 6.45) is 0. The molecule has 1 nitrogen and oxygen atoms in total. The van der Waals surface area contributed by atoms with Crippen molar-refractivity contribution in [1.82, 2.24) is 5.32 Å². The first kappa shape index (κ1) is 14.1. The lowest BCUT2D eigenvalue weighted by molar-refractivity contribution is 0.639. The van der Waals surface area contributed by atoms with E-state index in [2.05, 4.69) is 47.2 Å². The summed E-state index contributed by atoms with van der Waals surface area (Å²) < 4.78 is 1.20. The lowest BCUT2D eigenvalue weighted by atomic mass is 10.0. The van der Waals surface area contributed by atoms with Gasteiger partial charge in [-0.05, 0) is 58.7 Å². The van der Waals surface area contributed by atoms with E-state index in [-0.39, 0.29) is 6.04 Å². The summed E-state index contributed by atoms with van der Waals surface area (Å²) in [5, 5.41) is 4.29. The fourth-order valence-corrected chi connectivity index (χ4v) is 3.77. The second-order valence-electron chi connectivity index (χ2n) is 4.15. The molecule has 0 amide bonds. The smallest absolute Gasteiger partial charge is 0.0731 e. The molecule has 1 heterocycles. The first-order valence-electron chi connectivity index (χ1n) is 5.86. The molecule has 1 N–H and O–H groups in total. The average molecular weight is 345 g/mol. The van der Waals surface area contributed by atoms with Gasteiger partial charge in [0, 0.05) is 9.90 Å². The Morgan fingerprint density at radius 1 is 1.39 bits per heavy atom. The zero-order valence-corrected chi connectivity index (χ0v) is 13.5. The first-order chi connectivity index (χ1) is 8.61. The van der Waals surface area contributed by atoms with Crippen molar-refractivity contribution < 1.29 is 0 Å². The van der Waals surface area contributed by atoms with Crippen molar-refractivity contribution in [3.8, 4) is 0 Å². The minimum absolute atomic E-state index is 0.212. The number of halogens is 2. The number of nitrogens with one attached hydrogen (secondary N) is 1. The maximum Gasteiger partial charge on any atom is 0.0731 e. The van der Waals surface area contributed by atoms with Crippen molar-refractivity contribution in [3.63, 3.8) is 0 Å². The standard InChI is InChI=1S/C14H15BrClNS/c1-3-17-13(10-5-4-6-11(16)8-10)12-7-9(2)14(15)18-12/h4-8,13,17H,3H2,1-2H3. The molecule has 0 aliphatic rings. The van der Waals surface area contributed by atoms with E-state index in [1.54, 1.807) is 11.3 Å². The van der Waals surface area contributed by atoms with Crippen molar-refractivity contribution in [2.45, 2.75) is 19.9 Å². The lowest BCUT2D eigenvalue weighted by Gasteiger charge is -2.17. The van der Waals surface area contributed by atoms with Crippen molar-refractivity contribution in [2.24, 2.45) is 0 Å². The zero-order chi connectivity index (χ0) is 13.1. The highest BCUT2D eigenvalue weighted by molar-refractivity contribution is 9.11. The van der Waals surface area contributed by atoms with Gasteiger partial charge in [-0.25, -0.2) is 0 Å². The molecule has 0 saturated heterocycles. The second kappa shape index (κ2) is 6.20. The predicted octanol–water partition coefficient (Wildman–Crippen LogP) is 5.17. The van der Waals surface area contributed by atoms with Gasteiger partial charge in [0.2, 0.25) is 0 Å². The van der Waals surface area contributed by atoms with E-state index in [4.69, 9.17) is 11.6 Å². The van der Waals surface area contributed by atoms with E-state index in [0.717, 1.165) is 11.6 Å². The monoisotopic (exact) mass is 343 g/mol. The Labute approximate surface area is 125 Å². The number of aryl methyl sites for hydroxylation is 1. The fraction of sp³-hybridized carbons (Fsp3) is 0.286. The summed E-state index contributed by atoms with van der Waals surface area (Å²) in [5.74, 6) is 0. The number of benzene rings is 1. The Balaban J connectivity index is 2.39. The molecule has 1 aromatic carbocycles. The molecule has 0 aliphatic heterocycles. The van der Waals surface area contributed by atoms with Gasteiger partial charge < -0.3 is 5.32 Å². The Morgan fingerprint density at radius 2 is 2.17 bits per heavy atom. The minimum Gasteiger partial charge on any atom is -0.306 e. The molecule has 0 aliphatic carbocycles. The number of rotatable bonds is 4. The van der Waals surface area contributed by atoms with Gasteiger partial charge in [-0.2, -0.15) is 0 Å². The molecule has 0 bridgehead atoms. The summed E-state index contributed by atoms with van der Waals surface area (Å²) in [4.78, 5) is 1.31. The Bertz CT molecular complexity index is 519. The van der Waals surface area contributed by atoms with Crippen LogP contribution in [0.1, 0.15) is 29.0 Å². The predicted molar refractivity (Wildman–Crippen MR) is 83.7 cm³/mol. The molecule has 0 radical (unpaired) electrons. The number of hydrogen-bond donors (Lipinski definition) is 1. The van der Waals surface area contributed by atoms with Crippen LogP contribution in [0.2, 0.25) is 5.02 Å². The van der Waals surface area contributed by atoms with Crippen LogP contribution in [-0.2, 0) is 0 Å². The van der Waals surface area contributed by atoms with Gasteiger partial charge >= 0.3 is 0 Å². The van der Waals surface area contributed by atoms with Crippen molar-refractivity contribution in [3.05, 3.63) is 55.1 Å². The lowest BCUT2D eigenvalue weighted by Crippen LogP contribution is -2.21. The molecule has 2 rings (SSSR count). The summed E-state index contributed by atoms with van der Waals surface area (Å²) >= 11 is 11.4. The van der Waals surface area contributed by atoms with Gasteiger partial charge in [0.1, 0.15) is 0 Å². The molecule has 0 fully saturated rings. The molecular formula is C14H15BrClNS. The van der Waals surface area contributed by atoms with Crippen molar-refractivity contribution >= 4 is 38.9 Å². The van der Waals surface area contributed by atoms with Crippen LogP contribution in [0.3, 0.4) is 0 Å². The van der Waals surface area contributed by atoms with Crippen LogP contribution in [0.25, 0.3) is 0 Å². The molecule has 1 unspecified atom stereocenters. The summed E-state index contributed by atoms with van der Waals surface area (Å²) in [6, 6.07) is 10.5. The van der Waals surface area contributed by atoms with Crippen molar-refractivity contribution in [2.75, 3.05) is 6.54 Å². The number of thiophene rings is 1. The van der Waals surface area contributed by atoms with Crippen LogP contribution in [0.5, 0.6) is 0 Å². The van der Waals surface area contributed by atoms with Crippen LogP contribution < -0.4 is 5.32 Å². The third-order valence-electron chi connectivity index (χ3n) is 2.75. The highest BCUT2D eigenvalue weighted by Crippen LogP contribution is 2.34. The van der Waals surface area contributed by atoms with Gasteiger partial charge in [-0.3, -0.25) is 0 Å². The number of hydrogen-bond acceptors (Lipinski definition) is 2.